The Morgan fingerprint density at radius 2 is 2.00 bits per heavy atom. The maximum atomic E-state index is 13.0. The van der Waals surface area contributed by atoms with Gasteiger partial charge in [0.25, 0.3) is 5.91 Å². The monoisotopic (exact) mass is 314 g/mol. The van der Waals surface area contributed by atoms with Gasteiger partial charge in [-0.15, -0.1) is 0 Å². The van der Waals surface area contributed by atoms with Crippen LogP contribution in [-0.2, 0) is 6.42 Å². The third kappa shape index (κ3) is 2.26. The summed E-state index contributed by atoms with van der Waals surface area (Å²) in [5.74, 6) is 1.44. The summed E-state index contributed by atoms with van der Waals surface area (Å²) in [4.78, 5) is 14.8. The molecule has 4 nitrogen and oxygen atoms in total. The molecule has 1 saturated carbocycles. The molecule has 3 atom stereocenters. The average molecular weight is 314 g/mol. The lowest BCUT2D eigenvalue weighted by Crippen LogP contribution is -2.32. The van der Waals surface area contributed by atoms with Gasteiger partial charge in [-0.05, 0) is 17.8 Å². The van der Waals surface area contributed by atoms with E-state index in [-0.39, 0.29) is 18.5 Å². The first-order chi connectivity index (χ1) is 11.2. The molecule has 2 heterocycles. The van der Waals surface area contributed by atoms with E-state index in [2.05, 4.69) is 5.16 Å². The first-order valence-electron chi connectivity index (χ1n) is 8.13. The molecule has 120 valence electrons. The zero-order chi connectivity index (χ0) is 16.0. The number of aromatic nitrogens is 1. The van der Waals surface area contributed by atoms with Crippen molar-refractivity contribution in [3.8, 4) is 11.3 Å². The summed E-state index contributed by atoms with van der Waals surface area (Å²) in [5.41, 5.74) is 2.05. The number of aryl methyl sites for hydroxylation is 1. The van der Waals surface area contributed by atoms with E-state index in [1.165, 1.54) is 0 Å². The number of rotatable bonds is 4. The molecule has 0 radical (unpaired) electrons. The molecular weight excluding hydrogens is 295 g/mol. The summed E-state index contributed by atoms with van der Waals surface area (Å²) in [7, 11) is 0. The van der Waals surface area contributed by atoms with Gasteiger partial charge in [0.15, 0.2) is 0 Å². The number of carbonyl (C=O) groups excluding carboxylic acids is 1. The summed E-state index contributed by atoms with van der Waals surface area (Å²) >= 11 is 0. The number of hydrogen-bond donors (Lipinski definition) is 0. The van der Waals surface area contributed by atoms with Crippen molar-refractivity contribution < 1.29 is 13.7 Å². The second-order valence-corrected chi connectivity index (χ2v) is 6.40. The van der Waals surface area contributed by atoms with Gasteiger partial charge in [0.1, 0.15) is 17.0 Å². The van der Waals surface area contributed by atoms with Crippen molar-refractivity contribution in [2.45, 2.75) is 13.3 Å². The van der Waals surface area contributed by atoms with E-state index in [1.807, 2.05) is 42.2 Å². The Morgan fingerprint density at radius 3 is 2.61 bits per heavy atom. The second kappa shape index (κ2) is 5.48. The van der Waals surface area contributed by atoms with Crippen molar-refractivity contribution in [1.29, 1.82) is 0 Å². The van der Waals surface area contributed by atoms with E-state index in [0.29, 0.717) is 48.4 Å². The molecule has 2 aromatic rings. The van der Waals surface area contributed by atoms with Crippen molar-refractivity contribution >= 4 is 5.91 Å². The van der Waals surface area contributed by atoms with Crippen LogP contribution < -0.4 is 0 Å². The molecule has 1 aliphatic carbocycles. The molecule has 0 spiro atoms. The number of hydrogen-bond acceptors (Lipinski definition) is 3. The Bertz CT molecular complexity index is 716. The first kappa shape index (κ1) is 14.4. The van der Waals surface area contributed by atoms with Crippen LogP contribution in [0.3, 0.4) is 0 Å². The number of fused-ring (bicyclic) bond motifs is 1. The Kier molecular flexibility index (Phi) is 3.43. The molecule has 1 unspecified atom stereocenters. The first-order valence-corrected chi connectivity index (χ1v) is 8.13. The molecule has 2 aliphatic rings. The van der Waals surface area contributed by atoms with Gasteiger partial charge >= 0.3 is 0 Å². The molecule has 23 heavy (non-hydrogen) atoms. The molecule has 1 aliphatic heterocycles. The van der Waals surface area contributed by atoms with E-state index in [9.17, 15) is 9.18 Å². The lowest BCUT2D eigenvalue weighted by molar-refractivity contribution is 0.0763. The molecular formula is C18H19FN2O2. The SMILES string of the molecule is CCc1onc(-c2ccccc2)c1C(=O)N1C[C@@H]2C(CF)[C@@H]2C1. The van der Waals surface area contributed by atoms with E-state index >= 15 is 0 Å². The molecule has 2 fully saturated rings. The minimum atomic E-state index is -0.264. The summed E-state index contributed by atoms with van der Waals surface area (Å²) in [6.45, 7) is 2.99. The van der Waals surface area contributed by atoms with Gasteiger partial charge in [0.2, 0.25) is 0 Å². The highest BCUT2D eigenvalue weighted by atomic mass is 19.1. The van der Waals surface area contributed by atoms with Crippen molar-refractivity contribution in [2.75, 3.05) is 19.8 Å². The summed E-state index contributed by atoms with van der Waals surface area (Å²) in [5, 5.41) is 4.13. The zero-order valence-corrected chi connectivity index (χ0v) is 13.0. The van der Waals surface area contributed by atoms with Gasteiger partial charge in [-0.25, -0.2) is 0 Å². The van der Waals surface area contributed by atoms with Crippen LogP contribution in [0.25, 0.3) is 11.3 Å². The molecule has 0 N–H and O–H groups in total. The fourth-order valence-corrected chi connectivity index (χ4v) is 3.78. The highest BCUT2D eigenvalue weighted by Crippen LogP contribution is 2.52. The standard InChI is InChI=1S/C18H19FN2O2/c1-2-15-16(17(20-23-15)11-6-4-3-5-7-11)18(22)21-9-13-12(8-19)14(13)10-21/h3-7,12-14H,2,8-10H2,1H3/t12?,13-,14+. The third-order valence-electron chi connectivity index (χ3n) is 5.18. The van der Waals surface area contributed by atoms with E-state index in [1.54, 1.807) is 0 Å². The van der Waals surface area contributed by atoms with Gasteiger partial charge in [-0.3, -0.25) is 9.18 Å². The van der Waals surface area contributed by atoms with Crippen molar-refractivity contribution in [3.63, 3.8) is 0 Å². The fourth-order valence-electron chi connectivity index (χ4n) is 3.78. The molecule has 5 heteroatoms. The number of nitrogens with zero attached hydrogens (tertiary/aromatic N) is 2. The minimum Gasteiger partial charge on any atom is -0.360 e. The summed E-state index contributed by atoms with van der Waals surface area (Å²) < 4.78 is 18.2. The highest BCUT2D eigenvalue weighted by molar-refractivity contribution is 6.01. The lowest BCUT2D eigenvalue weighted by Gasteiger charge is -2.19. The second-order valence-electron chi connectivity index (χ2n) is 6.40. The number of piperidine rings is 1. The van der Waals surface area contributed by atoms with Gasteiger partial charge in [-0.2, -0.15) is 0 Å². The predicted molar refractivity (Wildman–Crippen MR) is 83.7 cm³/mol. The molecule has 1 amide bonds. The van der Waals surface area contributed by atoms with Crippen molar-refractivity contribution in [2.24, 2.45) is 17.8 Å². The number of amides is 1. The van der Waals surface area contributed by atoms with Crippen LogP contribution in [0, 0.1) is 17.8 Å². The van der Waals surface area contributed by atoms with Crippen LogP contribution in [0.5, 0.6) is 0 Å². The van der Waals surface area contributed by atoms with Crippen LogP contribution in [0.1, 0.15) is 23.0 Å². The molecule has 1 aromatic heterocycles. The van der Waals surface area contributed by atoms with E-state index in [0.717, 1.165) is 5.56 Å². The maximum absolute atomic E-state index is 13.0. The lowest BCUT2D eigenvalue weighted by atomic mass is 10.0. The Balaban J connectivity index is 1.63. The number of likely N-dealkylation sites (tertiary alicyclic amines) is 1. The van der Waals surface area contributed by atoms with Gasteiger partial charge < -0.3 is 9.42 Å². The molecule has 4 rings (SSSR count). The van der Waals surface area contributed by atoms with Gasteiger partial charge in [0, 0.05) is 25.1 Å². The largest absolute Gasteiger partial charge is 0.360 e. The Labute approximate surface area is 134 Å². The van der Waals surface area contributed by atoms with Crippen LogP contribution in [-0.4, -0.2) is 35.7 Å². The van der Waals surface area contributed by atoms with Crippen LogP contribution in [0.2, 0.25) is 0 Å². The molecule has 1 aromatic carbocycles. The fraction of sp³-hybridized carbons (Fsp3) is 0.444. The van der Waals surface area contributed by atoms with Crippen LogP contribution in [0.4, 0.5) is 4.39 Å². The third-order valence-corrected chi connectivity index (χ3v) is 5.18. The maximum Gasteiger partial charge on any atom is 0.259 e. The Morgan fingerprint density at radius 1 is 1.30 bits per heavy atom. The van der Waals surface area contributed by atoms with E-state index in [4.69, 9.17) is 4.52 Å². The number of halogens is 1. The zero-order valence-electron chi connectivity index (χ0n) is 13.0. The smallest absolute Gasteiger partial charge is 0.259 e. The normalized spacial score (nSPS) is 25.5. The number of carbonyl (C=O) groups is 1. The number of alkyl halides is 1. The van der Waals surface area contributed by atoms with E-state index < -0.39 is 0 Å². The highest BCUT2D eigenvalue weighted by Gasteiger charge is 2.56. The molecule has 1 saturated heterocycles. The quantitative estimate of drug-likeness (QED) is 0.870. The Hall–Kier alpha value is -2.17. The van der Waals surface area contributed by atoms with Crippen molar-refractivity contribution in [1.82, 2.24) is 10.1 Å². The van der Waals surface area contributed by atoms with Crippen molar-refractivity contribution in [3.05, 3.63) is 41.7 Å². The average Bonchev–Trinajstić information content (AvgIpc) is 2.96. The predicted octanol–water partition coefficient (Wildman–Crippen LogP) is 3.19. The van der Waals surface area contributed by atoms with Crippen LogP contribution in [0.15, 0.2) is 34.9 Å². The topological polar surface area (TPSA) is 46.3 Å². The summed E-state index contributed by atoms with van der Waals surface area (Å²) in [6.07, 6.45) is 0.620. The van der Waals surface area contributed by atoms with Gasteiger partial charge in [0.05, 0.1) is 6.67 Å². The molecule has 0 bridgehead atoms. The summed E-state index contributed by atoms with van der Waals surface area (Å²) in [6, 6.07) is 9.61. The van der Waals surface area contributed by atoms with Crippen LogP contribution >= 0.6 is 0 Å². The minimum absolute atomic E-state index is 0.0354. The van der Waals surface area contributed by atoms with Gasteiger partial charge in [-0.1, -0.05) is 42.4 Å². The number of benzene rings is 1.